The summed E-state index contributed by atoms with van der Waals surface area (Å²) in [6.07, 6.45) is 4.18. The summed E-state index contributed by atoms with van der Waals surface area (Å²) in [5, 5.41) is 13.2. The van der Waals surface area contributed by atoms with Gasteiger partial charge in [-0.2, -0.15) is 5.10 Å². The average molecular weight is 658 g/mol. The van der Waals surface area contributed by atoms with Crippen molar-refractivity contribution in [2.24, 2.45) is 5.41 Å². The third-order valence-corrected chi connectivity index (χ3v) is 9.99. The number of ether oxygens (including phenoxy) is 1. The highest BCUT2D eigenvalue weighted by Gasteiger charge is 2.51. The highest BCUT2D eigenvalue weighted by molar-refractivity contribution is 6.31. The van der Waals surface area contributed by atoms with Crippen LogP contribution in [0.4, 0.5) is 16.0 Å². The van der Waals surface area contributed by atoms with Crippen LogP contribution in [0.15, 0.2) is 54.7 Å². The first-order chi connectivity index (χ1) is 22.6. The number of piperidine rings is 1. The molecule has 2 aromatic carbocycles. The number of halogens is 2. The molecule has 0 radical (unpaired) electrons. The third-order valence-electron chi connectivity index (χ3n) is 9.62. The number of aryl methyl sites for hydroxylation is 2. The molecule has 1 spiro atoms. The van der Waals surface area contributed by atoms with E-state index in [-0.39, 0.29) is 19.3 Å². The maximum Gasteiger partial charge on any atom is 0.258 e. The molecular weight excluding hydrogens is 621 g/mol. The number of aromatic amines is 1. The maximum absolute atomic E-state index is 14.7. The van der Waals surface area contributed by atoms with Crippen molar-refractivity contribution >= 4 is 35.1 Å². The molecule has 2 saturated heterocycles. The van der Waals surface area contributed by atoms with E-state index in [1.807, 2.05) is 44.2 Å². The SMILES string of the molecule is Cc1n[nH]c(C)c1-c1ccc(NC(=O)[C@H](Cc2cc(-c3ccnc(N4CCC5(CC4)COC5)n3)ccc2Cl)NC(=O)C2(F)CC2)cc1. The van der Waals surface area contributed by atoms with Crippen LogP contribution in [0, 0.1) is 19.3 Å². The van der Waals surface area contributed by atoms with E-state index in [4.69, 9.17) is 21.3 Å². The first kappa shape index (κ1) is 31.3. The van der Waals surface area contributed by atoms with Crippen LogP contribution in [-0.2, 0) is 20.7 Å². The van der Waals surface area contributed by atoms with Crippen molar-refractivity contribution in [2.75, 3.05) is 36.5 Å². The molecule has 0 bridgehead atoms. The van der Waals surface area contributed by atoms with E-state index < -0.39 is 23.5 Å². The van der Waals surface area contributed by atoms with Crippen LogP contribution in [-0.4, -0.2) is 70.0 Å². The van der Waals surface area contributed by atoms with Crippen molar-refractivity contribution in [1.82, 2.24) is 25.5 Å². The van der Waals surface area contributed by atoms with Crippen LogP contribution < -0.4 is 15.5 Å². The highest BCUT2D eigenvalue weighted by atomic mass is 35.5. The molecule has 2 aliphatic heterocycles. The fraction of sp³-hybridized carbons (Fsp3) is 0.400. The van der Waals surface area contributed by atoms with Gasteiger partial charge in [0.2, 0.25) is 11.9 Å². The quantitative estimate of drug-likeness (QED) is 0.214. The van der Waals surface area contributed by atoms with Gasteiger partial charge in [0, 0.05) is 58.7 Å². The Bertz CT molecular complexity index is 1790. The van der Waals surface area contributed by atoms with E-state index in [1.165, 1.54) is 0 Å². The van der Waals surface area contributed by atoms with Crippen molar-refractivity contribution < 1.29 is 18.7 Å². The summed E-state index contributed by atoms with van der Waals surface area (Å²) < 4.78 is 20.2. The first-order valence-corrected chi connectivity index (χ1v) is 16.4. The molecule has 0 unspecified atom stereocenters. The molecule has 3 fully saturated rings. The largest absolute Gasteiger partial charge is 0.380 e. The third kappa shape index (κ3) is 6.46. The van der Waals surface area contributed by atoms with E-state index in [1.54, 1.807) is 24.4 Å². The number of rotatable bonds is 9. The minimum Gasteiger partial charge on any atom is -0.380 e. The maximum atomic E-state index is 14.7. The standard InChI is InChI=1S/C35H37ClFN7O3/c1-21-30(22(2)43-42-21)23-3-6-26(7-4-23)39-31(45)29(40-32(46)35(37)10-11-35)18-25-17-24(5-8-27(25)36)28-9-14-38-33(41-28)44-15-12-34(13-16-44)19-47-20-34/h3-9,14,17,29H,10-13,15-16,18-20H2,1-2H3,(H,39,45)(H,40,46)(H,42,43)/t29-/m0/s1. The summed E-state index contributed by atoms with van der Waals surface area (Å²) >= 11 is 6.64. The number of benzene rings is 2. The summed E-state index contributed by atoms with van der Waals surface area (Å²) in [5.41, 5.74) is 4.83. The highest BCUT2D eigenvalue weighted by Crippen LogP contribution is 2.40. The Balaban J connectivity index is 1.09. The smallest absolute Gasteiger partial charge is 0.258 e. The fourth-order valence-corrected chi connectivity index (χ4v) is 6.59. The lowest BCUT2D eigenvalue weighted by molar-refractivity contribution is -0.131. The summed E-state index contributed by atoms with van der Waals surface area (Å²) in [6.45, 7) is 7.29. The Morgan fingerprint density at radius 3 is 2.40 bits per heavy atom. The Kier molecular flexibility index (Phi) is 8.21. The first-order valence-electron chi connectivity index (χ1n) is 16.0. The summed E-state index contributed by atoms with van der Waals surface area (Å²) in [4.78, 5) is 38.1. The number of hydrogen-bond donors (Lipinski definition) is 3. The topological polar surface area (TPSA) is 125 Å². The van der Waals surface area contributed by atoms with E-state index in [0.29, 0.717) is 33.3 Å². The number of carbonyl (C=O) groups is 2. The Hall–Kier alpha value is -4.35. The van der Waals surface area contributed by atoms with Gasteiger partial charge in [-0.25, -0.2) is 14.4 Å². The number of alkyl halides is 1. The number of anilines is 2. The van der Waals surface area contributed by atoms with E-state index >= 15 is 0 Å². The lowest BCUT2D eigenvalue weighted by atomic mass is 9.77. The lowest BCUT2D eigenvalue weighted by Crippen LogP contribution is -2.51. The molecular formula is C35H37ClFN7O3. The molecule has 4 heterocycles. The molecule has 4 aromatic rings. The minimum atomic E-state index is -1.94. The molecule has 2 aromatic heterocycles. The van der Waals surface area contributed by atoms with Gasteiger partial charge in [0.25, 0.3) is 5.91 Å². The average Bonchev–Trinajstić information content (AvgIpc) is 3.74. The minimum absolute atomic E-state index is 0.0556. The van der Waals surface area contributed by atoms with Crippen molar-refractivity contribution in [3.05, 3.63) is 76.7 Å². The van der Waals surface area contributed by atoms with Crippen LogP contribution in [0.25, 0.3) is 22.4 Å². The molecule has 1 aliphatic carbocycles. The fourth-order valence-electron chi connectivity index (χ4n) is 6.39. The van der Waals surface area contributed by atoms with Gasteiger partial charge in [0.1, 0.15) is 6.04 Å². The molecule has 244 valence electrons. The van der Waals surface area contributed by atoms with E-state index in [0.717, 1.165) is 67.2 Å². The van der Waals surface area contributed by atoms with Gasteiger partial charge in [-0.15, -0.1) is 0 Å². The Labute approximate surface area is 277 Å². The van der Waals surface area contributed by atoms with Gasteiger partial charge in [-0.1, -0.05) is 29.8 Å². The summed E-state index contributed by atoms with van der Waals surface area (Å²) in [5.74, 6) is -0.597. The van der Waals surface area contributed by atoms with Gasteiger partial charge >= 0.3 is 0 Å². The summed E-state index contributed by atoms with van der Waals surface area (Å²) in [6, 6.07) is 13.6. The van der Waals surface area contributed by atoms with Gasteiger partial charge in [0.05, 0.1) is 24.6 Å². The van der Waals surface area contributed by atoms with Crippen LogP contribution in [0.1, 0.15) is 42.6 Å². The van der Waals surface area contributed by atoms with Crippen LogP contribution >= 0.6 is 11.6 Å². The van der Waals surface area contributed by atoms with Gasteiger partial charge in [-0.05, 0) is 81.0 Å². The molecule has 3 N–H and O–H groups in total. The number of aromatic nitrogens is 4. The molecule has 2 amide bonds. The summed E-state index contributed by atoms with van der Waals surface area (Å²) in [7, 11) is 0. The zero-order chi connectivity index (χ0) is 32.8. The monoisotopic (exact) mass is 657 g/mol. The number of amides is 2. The van der Waals surface area contributed by atoms with E-state index in [2.05, 4.69) is 30.7 Å². The predicted octanol–water partition coefficient (Wildman–Crippen LogP) is 5.59. The molecule has 1 atom stereocenters. The van der Waals surface area contributed by atoms with Crippen molar-refractivity contribution in [3.63, 3.8) is 0 Å². The van der Waals surface area contributed by atoms with Crippen LogP contribution in [0.2, 0.25) is 5.02 Å². The Morgan fingerprint density at radius 1 is 1.04 bits per heavy atom. The normalized spacial score (nSPS) is 18.3. The van der Waals surface area contributed by atoms with Crippen molar-refractivity contribution in [1.29, 1.82) is 0 Å². The zero-order valence-electron chi connectivity index (χ0n) is 26.4. The lowest BCUT2D eigenvalue weighted by Gasteiger charge is -2.47. The number of carbonyl (C=O) groups excluding carboxylic acids is 2. The van der Waals surface area contributed by atoms with Crippen molar-refractivity contribution in [2.45, 2.75) is 57.7 Å². The molecule has 7 rings (SSSR count). The van der Waals surface area contributed by atoms with Gasteiger partial charge < -0.3 is 20.3 Å². The molecule has 47 heavy (non-hydrogen) atoms. The van der Waals surface area contributed by atoms with E-state index in [9.17, 15) is 14.0 Å². The van der Waals surface area contributed by atoms with Gasteiger partial charge in [-0.3, -0.25) is 14.7 Å². The molecule has 1 saturated carbocycles. The second kappa shape index (κ2) is 12.4. The Morgan fingerprint density at radius 2 is 1.77 bits per heavy atom. The zero-order valence-corrected chi connectivity index (χ0v) is 27.2. The van der Waals surface area contributed by atoms with Crippen LogP contribution in [0.3, 0.4) is 0 Å². The number of nitrogens with zero attached hydrogens (tertiary/aromatic N) is 4. The van der Waals surface area contributed by atoms with Crippen molar-refractivity contribution in [3.8, 4) is 22.4 Å². The number of hydrogen-bond acceptors (Lipinski definition) is 7. The predicted molar refractivity (Wildman–Crippen MR) is 178 cm³/mol. The number of nitrogens with one attached hydrogen (secondary N) is 3. The second-order valence-electron chi connectivity index (χ2n) is 13.1. The molecule has 3 aliphatic rings. The molecule has 12 heteroatoms. The van der Waals surface area contributed by atoms with Crippen LogP contribution in [0.5, 0.6) is 0 Å². The second-order valence-corrected chi connectivity index (χ2v) is 13.5. The van der Waals surface area contributed by atoms with Gasteiger partial charge in [0.15, 0.2) is 5.67 Å². The molecule has 10 nitrogen and oxygen atoms in total. The number of H-pyrrole nitrogens is 1.